The number of nitrogen functional groups attached to an aromatic ring is 1. The van der Waals surface area contributed by atoms with Gasteiger partial charge in [-0.3, -0.25) is 4.98 Å². The van der Waals surface area contributed by atoms with Crippen LogP contribution in [0.25, 0.3) is 10.9 Å². The van der Waals surface area contributed by atoms with Crippen LogP contribution < -0.4 is 11.1 Å². The van der Waals surface area contributed by atoms with Crippen LogP contribution in [0.3, 0.4) is 0 Å². The Labute approximate surface area is 116 Å². The second-order valence-corrected chi connectivity index (χ2v) is 4.67. The van der Waals surface area contributed by atoms with Crippen LogP contribution in [-0.4, -0.2) is 4.98 Å². The van der Waals surface area contributed by atoms with Gasteiger partial charge in [0.1, 0.15) is 0 Å². The molecule has 2 aromatic carbocycles. The average Bonchev–Trinajstić information content (AvgIpc) is 2.43. The van der Waals surface area contributed by atoms with E-state index in [4.69, 9.17) is 17.3 Å². The number of pyridine rings is 1. The largest absolute Gasteiger partial charge is 0.397 e. The molecule has 0 aliphatic rings. The van der Waals surface area contributed by atoms with Gasteiger partial charge in [-0.05, 0) is 30.3 Å². The normalized spacial score (nSPS) is 10.6. The van der Waals surface area contributed by atoms with Crippen molar-refractivity contribution in [1.82, 2.24) is 4.98 Å². The summed E-state index contributed by atoms with van der Waals surface area (Å²) in [5, 5.41) is 5.00. The zero-order valence-corrected chi connectivity index (χ0v) is 10.9. The number of para-hydroxylation sites is 1. The van der Waals surface area contributed by atoms with Gasteiger partial charge in [-0.15, -0.1) is 0 Å². The Bertz CT molecular complexity index is 735. The van der Waals surface area contributed by atoms with Crippen LogP contribution in [0.4, 0.5) is 17.1 Å². The molecule has 0 fully saturated rings. The van der Waals surface area contributed by atoms with Crippen molar-refractivity contribution in [3.63, 3.8) is 0 Å². The zero-order chi connectivity index (χ0) is 13.2. The minimum atomic E-state index is 0.643. The number of aromatic nitrogens is 1. The Kier molecular flexibility index (Phi) is 2.97. The summed E-state index contributed by atoms with van der Waals surface area (Å²) < 4.78 is 0. The molecule has 3 N–H and O–H groups in total. The van der Waals surface area contributed by atoms with Gasteiger partial charge in [0, 0.05) is 16.6 Å². The molecule has 0 bridgehead atoms. The molecule has 0 atom stereocenters. The minimum Gasteiger partial charge on any atom is -0.397 e. The summed E-state index contributed by atoms with van der Waals surface area (Å²) in [5.41, 5.74) is 9.19. The van der Waals surface area contributed by atoms with Gasteiger partial charge in [0.15, 0.2) is 0 Å². The fourth-order valence-electron chi connectivity index (χ4n) is 1.99. The van der Waals surface area contributed by atoms with E-state index in [0.717, 1.165) is 22.3 Å². The molecule has 0 amide bonds. The first-order valence-corrected chi connectivity index (χ1v) is 6.27. The molecular formula is C15H12ClN3. The van der Waals surface area contributed by atoms with Crippen molar-refractivity contribution in [3.05, 3.63) is 59.8 Å². The number of benzene rings is 2. The van der Waals surface area contributed by atoms with Crippen molar-refractivity contribution in [1.29, 1.82) is 0 Å². The lowest BCUT2D eigenvalue weighted by molar-refractivity contribution is 1.40. The van der Waals surface area contributed by atoms with Crippen LogP contribution >= 0.6 is 11.6 Å². The van der Waals surface area contributed by atoms with Gasteiger partial charge >= 0.3 is 0 Å². The number of nitrogens with one attached hydrogen (secondary N) is 1. The fraction of sp³-hybridized carbons (Fsp3) is 0. The molecule has 0 aliphatic heterocycles. The summed E-state index contributed by atoms with van der Waals surface area (Å²) >= 11 is 5.99. The molecule has 1 heterocycles. The molecule has 1 aromatic heterocycles. The molecule has 0 aliphatic carbocycles. The van der Waals surface area contributed by atoms with Gasteiger partial charge in [-0.1, -0.05) is 29.8 Å². The molecule has 3 aromatic rings. The lowest BCUT2D eigenvalue weighted by atomic mass is 10.2. The van der Waals surface area contributed by atoms with Crippen LogP contribution in [0.2, 0.25) is 5.02 Å². The van der Waals surface area contributed by atoms with Crippen LogP contribution in [0.15, 0.2) is 54.7 Å². The summed E-state index contributed by atoms with van der Waals surface area (Å²) in [5.74, 6) is 0. The van der Waals surface area contributed by atoms with Gasteiger partial charge in [0.2, 0.25) is 0 Å². The van der Waals surface area contributed by atoms with Crippen LogP contribution in [-0.2, 0) is 0 Å². The van der Waals surface area contributed by atoms with E-state index in [2.05, 4.69) is 10.3 Å². The van der Waals surface area contributed by atoms with Crippen molar-refractivity contribution in [3.8, 4) is 0 Å². The third-order valence-electron chi connectivity index (χ3n) is 2.92. The predicted octanol–water partition coefficient (Wildman–Crippen LogP) is 4.21. The summed E-state index contributed by atoms with van der Waals surface area (Å²) in [4.78, 5) is 4.39. The number of nitrogens with two attached hydrogens (primary N) is 1. The molecule has 0 radical (unpaired) electrons. The van der Waals surface area contributed by atoms with Crippen molar-refractivity contribution in [2.24, 2.45) is 0 Å². The number of hydrogen-bond donors (Lipinski definition) is 2. The van der Waals surface area contributed by atoms with E-state index in [1.165, 1.54) is 0 Å². The Morgan fingerprint density at radius 3 is 2.74 bits per heavy atom. The Hall–Kier alpha value is -2.26. The number of anilines is 3. The third-order valence-corrected chi connectivity index (χ3v) is 3.15. The first kappa shape index (κ1) is 11.8. The first-order valence-electron chi connectivity index (χ1n) is 5.90. The van der Waals surface area contributed by atoms with E-state index < -0.39 is 0 Å². The molecule has 19 heavy (non-hydrogen) atoms. The lowest BCUT2D eigenvalue weighted by Gasteiger charge is -2.11. The van der Waals surface area contributed by atoms with Gasteiger partial charge in [-0.25, -0.2) is 0 Å². The van der Waals surface area contributed by atoms with Crippen molar-refractivity contribution in [2.45, 2.75) is 0 Å². The summed E-state index contributed by atoms with van der Waals surface area (Å²) in [6.07, 6.45) is 1.77. The van der Waals surface area contributed by atoms with Crippen molar-refractivity contribution < 1.29 is 0 Å². The van der Waals surface area contributed by atoms with Crippen molar-refractivity contribution >= 4 is 39.6 Å². The van der Waals surface area contributed by atoms with E-state index in [-0.39, 0.29) is 0 Å². The van der Waals surface area contributed by atoms with Crippen LogP contribution in [0.1, 0.15) is 0 Å². The number of fused-ring (bicyclic) bond motifs is 1. The Morgan fingerprint density at radius 2 is 1.84 bits per heavy atom. The predicted molar refractivity (Wildman–Crippen MR) is 80.9 cm³/mol. The highest BCUT2D eigenvalue weighted by molar-refractivity contribution is 6.31. The quantitative estimate of drug-likeness (QED) is 0.685. The molecule has 3 rings (SSSR count). The molecule has 0 saturated heterocycles. The van der Waals surface area contributed by atoms with E-state index >= 15 is 0 Å². The Morgan fingerprint density at radius 1 is 1.00 bits per heavy atom. The summed E-state index contributed by atoms with van der Waals surface area (Å²) in [6.45, 7) is 0. The maximum atomic E-state index is 5.99. The second kappa shape index (κ2) is 4.78. The molecule has 94 valence electrons. The van der Waals surface area contributed by atoms with Crippen molar-refractivity contribution in [2.75, 3.05) is 11.1 Å². The second-order valence-electron chi connectivity index (χ2n) is 4.24. The van der Waals surface area contributed by atoms with Gasteiger partial charge in [0.25, 0.3) is 0 Å². The number of rotatable bonds is 2. The summed E-state index contributed by atoms with van der Waals surface area (Å²) in [7, 11) is 0. The van der Waals surface area contributed by atoms with Gasteiger partial charge in [-0.2, -0.15) is 0 Å². The van der Waals surface area contributed by atoms with Gasteiger partial charge < -0.3 is 11.1 Å². The molecular weight excluding hydrogens is 258 g/mol. The molecule has 0 unspecified atom stereocenters. The van der Waals surface area contributed by atoms with Gasteiger partial charge in [0.05, 0.1) is 22.6 Å². The van der Waals surface area contributed by atoms with Crippen LogP contribution in [0, 0.1) is 0 Å². The van der Waals surface area contributed by atoms with Crippen LogP contribution in [0.5, 0.6) is 0 Å². The van der Waals surface area contributed by atoms with E-state index in [9.17, 15) is 0 Å². The van der Waals surface area contributed by atoms with E-state index in [0.29, 0.717) is 10.7 Å². The summed E-state index contributed by atoms with van der Waals surface area (Å²) in [6, 6.07) is 15.3. The van der Waals surface area contributed by atoms with E-state index in [1.807, 2.05) is 30.3 Å². The molecule has 0 spiro atoms. The SMILES string of the molecule is Nc1ccc(Cl)cc1Nc1cccc2cccnc12. The zero-order valence-electron chi connectivity index (χ0n) is 10.1. The first-order chi connectivity index (χ1) is 9.24. The number of halogens is 1. The highest BCUT2D eigenvalue weighted by Gasteiger charge is 2.05. The maximum absolute atomic E-state index is 5.99. The topological polar surface area (TPSA) is 50.9 Å². The number of nitrogens with zero attached hydrogens (tertiary/aromatic N) is 1. The highest BCUT2D eigenvalue weighted by Crippen LogP contribution is 2.29. The average molecular weight is 270 g/mol. The number of hydrogen-bond acceptors (Lipinski definition) is 3. The minimum absolute atomic E-state index is 0.643. The van der Waals surface area contributed by atoms with E-state index in [1.54, 1.807) is 24.4 Å². The standard InChI is InChI=1S/C15H12ClN3/c16-11-6-7-12(17)14(9-11)19-13-5-1-3-10-4-2-8-18-15(10)13/h1-9,19H,17H2. The monoisotopic (exact) mass is 269 g/mol. The Balaban J connectivity index is 2.08. The smallest absolute Gasteiger partial charge is 0.0936 e. The molecule has 0 saturated carbocycles. The fourth-order valence-corrected chi connectivity index (χ4v) is 2.16. The molecule has 3 nitrogen and oxygen atoms in total. The highest BCUT2D eigenvalue weighted by atomic mass is 35.5. The lowest BCUT2D eigenvalue weighted by Crippen LogP contribution is -1.97. The maximum Gasteiger partial charge on any atom is 0.0936 e. The third kappa shape index (κ3) is 2.33. The molecule has 4 heteroatoms.